The molecule has 0 fully saturated rings. The van der Waals surface area contributed by atoms with Crippen molar-refractivity contribution in [3.8, 4) is 0 Å². The van der Waals surface area contributed by atoms with Crippen LogP contribution in [0.1, 0.15) is 206 Å². The van der Waals surface area contributed by atoms with E-state index in [0.717, 1.165) is 51.4 Å². The van der Waals surface area contributed by atoms with Gasteiger partial charge in [0, 0.05) is 19.3 Å². The largest absolute Gasteiger partial charge is 0.477 e. The number of carboxylic acids is 1. The van der Waals surface area contributed by atoms with E-state index in [1.807, 2.05) is 21.1 Å². The maximum atomic E-state index is 12.7. The summed E-state index contributed by atoms with van der Waals surface area (Å²) in [4.78, 5) is 37.0. The first-order valence-electron chi connectivity index (χ1n) is 22.9. The summed E-state index contributed by atoms with van der Waals surface area (Å²) in [5, 5.41) is 9.62. The predicted octanol–water partition coefficient (Wildman–Crippen LogP) is 12.5. The molecule has 2 atom stereocenters. The highest BCUT2D eigenvalue weighted by Gasteiger charge is 2.31. The molecule has 0 aliphatic heterocycles. The third kappa shape index (κ3) is 37.2. The standard InChI is InChI=1S/C47H87NO7/c1-6-8-10-12-14-16-18-20-22-23-24-26-28-30-32-34-36-38-46(50)55-43(41-53-40-39-44(47(51)52)48(3,4)5)42-54-45(49)37-35-33-31-29-27-25-21-19-17-15-13-11-9-7-2/h14,16,20,22,43-44H,6-13,15,17-19,21,23-42H2,1-5H3/p+1/b16-14-,22-20-. The van der Waals surface area contributed by atoms with Crippen molar-refractivity contribution < 1.29 is 38.2 Å². The van der Waals surface area contributed by atoms with Crippen LogP contribution in [0.4, 0.5) is 0 Å². The Bertz CT molecular complexity index is 957. The number of ether oxygens (including phenoxy) is 3. The van der Waals surface area contributed by atoms with Crippen LogP contribution < -0.4 is 0 Å². The third-order valence-electron chi connectivity index (χ3n) is 10.4. The number of unbranched alkanes of at least 4 members (excludes halogenated alkanes) is 23. The van der Waals surface area contributed by atoms with Gasteiger partial charge in [0.2, 0.25) is 0 Å². The molecule has 0 amide bonds. The van der Waals surface area contributed by atoms with Gasteiger partial charge in [-0.2, -0.15) is 0 Å². The van der Waals surface area contributed by atoms with Crippen LogP contribution in [0.25, 0.3) is 0 Å². The van der Waals surface area contributed by atoms with Gasteiger partial charge in [0.1, 0.15) is 6.61 Å². The maximum Gasteiger partial charge on any atom is 0.362 e. The lowest BCUT2D eigenvalue weighted by Gasteiger charge is -2.31. The van der Waals surface area contributed by atoms with E-state index in [0.29, 0.717) is 19.3 Å². The molecule has 0 heterocycles. The Kier molecular flexibility index (Phi) is 37.1. The van der Waals surface area contributed by atoms with Crippen LogP contribution >= 0.6 is 0 Å². The lowest BCUT2D eigenvalue weighted by atomic mass is 10.0. The summed E-state index contributed by atoms with van der Waals surface area (Å²) in [6.07, 6.45) is 42.1. The molecule has 0 aliphatic rings. The quantitative estimate of drug-likeness (QED) is 0.0285. The number of carbonyl (C=O) groups is 3. The summed E-state index contributed by atoms with van der Waals surface area (Å²) in [6, 6.07) is -0.613. The fraction of sp³-hybridized carbons (Fsp3) is 0.851. The van der Waals surface area contributed by atoms with E-state index in [-0.39, 0.29) is 36.2 Å². The van der Waals surface area contributed by atoms with Crippen LogP contribution in [0, 0.1) is 0 Å². The second-order valence-electron chi connectivity index (χ2n) is 16.7. The molecule has 0 aromatic rings. The van der Waals surface area contributed by atoms with E-state index in [2.05, 4.69) is 38.2 Å². The van der Waals surface area contributed by atoms with Crippen molar-refractivity contribution in [2.24, 2.45) is 0 Å². The maximum absolute atomic E-state index is 12.7. The summed E-state index contributed by atoms with van der Waals surface area (Å²) >= 11 is 0. The molecule has 0 bridgehead atoms. The van der Waals surface area contributed by atoms with E-state index < -0.39 is 18.1 Å². The van der Waals surface area contributed by atoms with Crippen LogP contribution in [-0.2, 0) is 28.6 Å². The number of hydrogen-bond donors (Lipinski definition) is 1. The summed E-state index contributed by atoms with van der Waals surface area (Å²) in [6.45, 7) is 4.72. The summed E-state index contributed by atoms with van der Waals surface area (Å²) in [5.41, 5.74) is 0. The monoisotopic (exact) mass is 779 g/mol. The minimum atomic E-state index is -0.874. The third-order valence-corrected chi connectivity index (χ3v) is 10.4. The molecule has 0 saturated carbocycles. The highest BCUT2D eigenvalue weighted by atomic mass is 16.6. The highest BCUT2D eigenvalue weighted by Crippen LogP contribution is 2.15. The van der Waals surface area contributed by atoms with Gasteiger partial charge in [-0.3, -0.25) is 9.59 Å². The van der Waals surface area contributed by atoms with Crippen molar-refractivity contribution in [2.45, 2.75) is 219 Å². The van der Waals surface area contributed by atoms with Gasteiger partial charge in [0.05, 0.1) is 34.4 Å². The van der Waals surface area contributed by atoms with E-state index in [9.17, 15) is 19.5 Å². The van der Waals surface area contributed by atoms with Gasteiger partial charge < -0.3 is 23.8 Å². The minimum absolute atomic E-state index is 0.0498. The SMILES string of the molecule is CCCCC/C=C\C/C=C\CCCCCCCCCC(=O)OC(COCCC(C(=O)O)[N+](C)(C)C)COC(=O)CCCCCCCCCCCCCCCC. The van der Waals surface area contributed by atoms with Gasteiger partial charge in [-0.15, -0.1) is 0 Å². The second-order valence-corrected chi connectivity index (χ2v) is 16.7. The lowest BCUT2D eigenvalue weighted by molar-refractivity contribution is -0.887. The Morgan fingerprint density at radius 3 is 1.44 bits per heavy atom. The number of rotatable bonds is 41. The average molecular weight is 779 g/mol. The topological polar surface area (TPSA) is 99.1 Å². The molecule has 0 radical (unpaired) electrons. The summed E-state index contributed by atoms with van der Waals surface area (Å²) in [5.74, 6) is -1.47. The molecule has 0 aromatic carbocycles. The van der Waals surface area contributed by atoms with E-state index in [1.165, 1.54) is 122 Å². The molecule has 55 heavy (non-hydrogen) atoms. The van der Waals surface area contributed by atoms with Crippen LogP contribution in [0.15, 0.2) is 24.3 Å². The fourth-order valence-electron chi connectivity index (χ4n) is 6.77. The van der Waals surface area contributed by atoms with Crippen molar-refractivity contribution in [2.75, 3.05) is 41.0 Å². The van der Waals surface area contributed by atoms with E-state index >= 15 is 0 Å². The first-order valence-corrected chi connectivity index (χ1v) is 22.9. The summed E-state index contributed by atoms with van der Waals surface area (Å²) < 4.78 is 17.3. The van der Waals surface area contributed by atoms with Crippen LogP contribution in [0.2, 0.25) is 0 Å². The Morgan fingerprint density at radius 1 is 0.545 bits per heavy atom. The number of hydrogen-bond acceptors (Lipinski definition) is 6. The molecule has 8 nitrogen and oxygen atoms in total. The molecule has 322 valence electrons. The Morgan fingerprint density at radius 2 is 0.964 bits per heavy atom. The number of allylic oxidation sites excluding steroid dienone is 4. The van der Waals surface area contributed by atoms with Crippen LogP contribution in [0.5, 0.6) is 0 Å². The number of quaternary nitrogens is 1. The van der Waals surface area contributed by atoms with Crippen molar-refractivity contribution in [3.05, 3.63) is 24.3 Å². The van der Waals surface area contributed by atoms with Gasteiger partial charge in [-0.05, 0) is 44.9 Å². The lowest BCUT2D eigenvalue weighted by Crippen LogP contribution is -2.50. The van der Waals surface area contributed by atoms with Gasteiger partial charge in [0.25, 0.3) is 0 Å². The molecule has 0 aliphatic carbocycles. The van der Waals surface area contributed by atoms with Crippen molar-refractivity contribution in [3.63, 3.8) is 0 Å². The number of likely N-dealkylation sites (N-methyl/N-ethyl adjacent to an activating group) is 1. The first kappa shape index (κ1) is 52.8. The van der Waals surface area contributed by atoms with Gasteiger partial charge in [0.15, 0.2) is 12.1 Å². The van der Waals surface area contributed by atoms with E-state index in [4.69, 9.17) is 14.2 Å². The van der Waals surface area contributed by atoms with Gasteiger partial charge in [-0.25, -0.2) is 4.79 Å². The number of carbonyl (C=O) groups excluding carboxylic acids is 2. The smallest absolute Gasteiger partial charge is 0.362 e. The van der Waals surface area contributed by atoms with Crippen molar-refractivity contribution in [1.29, 1.82) is 0 Å². The molecular weight excluding hydrogens is 691 g/mol. The molecule has 0 aromatic heterocycles. The number of esters is 2. The Balaban J connectivity index is 4.32. The van der Waals surface area contributed by atoms with Crippen LogP contribution in [-0.4, -0.2) is 80.6 Å². The first-order chi connectivity index (χ1) is 26.6. The highest BCUT2D eigenvalue weighted by molar-refractivity contribution is 5.72. The zero-order chi connectivity index (χ0) is 40.7. The number of nitrogens with zero attached hydrogens (tertiary/aromatic N) is 1. The molecule has 0 spiro atoms. The van der Waals surface area contributed by atoms with E-state index in [1.54, 1.807) is 0 Å². The Labute approximate surface area is 339 Å². The normalized spacial score (nSPS) is 13.1. The zero-order valence-corrected chi connectivity index (χ0v) is 36.6. The Hall–Kier alpha value is -2.19. The number of carboxylic acid groups (broad SMARTS) is 1. The average Bonchev–Trinajstić information content (AvgIpc) is 3.14. The molecule has 1 N–H and O–H groups in total. The van der Waals surface area contributed by atoms with Gasteiger partial charge >= 0.3 is 17.9 Å². The fourth-order valence-corrected chi connectivity index (χ4v) is 6.77. The zero-order valence-electron chi connectivity index (χ0n) is 36.6. The second kappa shape index (κ2) is 38.7. The molecular formula is C47H88NO7+. The van der Waals surface area contributed by atoms with Crippen molar-refractivity contribution >= 4 is 17.9 Å². The minimum Gasteiger partial charge on any atom is -0.477 e. The van der Waals surface area contributed by atoms with Crippen LogP contribution in [0.3, 0.4) is 0 Å². The van der Waals surface area contributed by atoms with Gasteiger partial charge in [-0.1, -0.05) is 167 Å². The molecule has 8 heteroatoms. The van der Waals surface area contributed by atoms with Crippen molar-refractivity contribution in [1.82, 2.24) is 0 Å². The molecule has 0 rings (SSSR count). The molecule has 2 unspecified atom stereocenters. The predicted molar refractivity (Wildman–Crippen MR) is 229 cm³/mol. The summed E-state index contributed by atoms with van der Waals surface area (Å²) in [7, 11) is 5.53. The molecule has 0 saturated heterocycles. The number of aliphatic carboxylic acids is 1.